The van der Waals surface area contributed by atoms with Crippen molar-refractivity contribution in [2.24, 2.45) is 11.3 Å². The van der Waals surface area contributed by atoms with Gasteiger partial charge >= 0.3 is 0 Å². The molecule has 1 atom stereocenters. The Morgan fingerprint density at radius 2 is 1.90 bits per heavy atom. The number of hydrogen-bond acceptors (Lipinski definition) is 3. The number of para-hydroxylation sites is 1. The van der Waals surface area contributed by atoms with E-state index in [-0.39, 0.29) is 23.3 Å². The van der Waals surface area contributed by atoms with Crippen LogP contribution in [0.1, 0.15) is 77.7 Å². The molecule has 2 heterocycles. The number of carbonyl (C=O) groups is 2. The molecule has 3 rings (SSSR count). The summed E-state index contributed by atoms with van der Waals surface area (Å²) in [6.45, 7) is 8.16. The highest BCUT2D eigenvalue weighted by molar-refractivity contribution is 5.83. The van der Waals surface area contributed by atoms with E-state index in [1.807, 2.05) is 24.0 Å². The number of ether oxygens (including phenoxy) is 1. The van der Waals surface area contributed by atoms with E-state index in [4.69, 9.17) is 4.74 Å². The molecule has 1 spiro atoms. The molecule has 0 saturated carbocycles. The Morgan fingerprint density at radius 3 is 2.61 bits per heavy atom. The van der Waals surface area contributed by atoms with E-state index in [9.17, 15) is 9.59 Å². The summed E-state index contributed by atoms with van der Waals surface area (Å²) in [5.41, 5.74) is 0.901. The van der Waals surface area contributed by atoms with Crippen LogP contribution in [0.25, 0.3) is 0 Å². The molecule has 2 amide bonds. The molecule has 0 radical (unpaired) electrons. The van der Waals surface area contributed by atoms with Crippen LogP contribution in [0.5, 0.6) is 5.75 Å². The largest absolute Gasteiger partial charge is 0.491 e. The van der Waals surface area contributed by atoms with Gasteiger partial charge in [0, 0.05) is 19.5 Å². The van der Waals surface area contributed by atoms with E-state index in [1.54, 1.807) is 0 Å². The van der Waals surface area contributed by atoms with Gasteiger partial charge in [-0.1, -0.05) is 51.8 Å². The number of nitrogens with one attached hydrogen (secondary N) is 1. The Kier molecular flexibility index (Phi) is 8.39. The van der Waals surface area contributed by atoms with Crippen molar-refractivity contribution in [2.75, 3.05) is 19.7 Å². The zero-order valence-corrected chi connectivity index (χ0v) is 19.6. The third-order valence-corrected chi connectivity index (χ3v) is 6.96. The average Bonchev–Trinajstić information content (AvgIpc) is 2.77. The highest BCUT2D eigenvalue weighted by Crippen LogP contribution is 2.38. The van der Waals surface area contributed by atoms with Crippen molar-refractivity contribution in [3.05, 3.63) is 29.8 Å². The number of nitrogens with zero attached hydrogens (tertiary/aromatic N) is 1. The molecule has 1 aromatic carbocycles. The van der Waals surface area contributed by atoms with Crippen molar-refractivity contribution >= 4 is 11.8 Å². The molecule has 1 saturated heterocycles. The van der Waals surface area contributed by atoms with Gasteiger partial charge in [-0.05, 0) is 56.1 Å². The normalized spacial score (nSPS) is 22.5. The lowest BCUT2D eigenvalue weighted by atomic mass is 9.73. The molecular formula is C26H40N2O3. The van der Waals surface area contributed by atoms with Gasteiger partial charge in [0.1, 0.15) is 12.4 Å². The van der Waals surface area contributed by atoms with Crippen LogP contribution in [0.2, 0.25) is 0 Å². The highest BCUT2D eigenvalue weighted by atomic mass is 16.5. The number of rotatable bonds is 3. The van der Waals surface area contributed by atoms with Gasteiger partial charge < -0.3 is 15.0 Å². The molecule has 2 aliphatic rings. The Bertz CT molecular complexity index is 738. The maximum atomic E-state index is 13.6. The van der Waals surface area contributed by atoms with Crippen LogP contribution in [0.15, 0.2) is 24.3 Å². The van der Waals surface area contributed by atoms with E-state index in [2.05, 4.69) is 31.3 Å². The number of carbonyl (C=O) groups excluding carboxylic acids is 2. The van der Waals surface area contributed by atoms with Crippen molar-refractivity contribution < 1.29 is 14.3 Å². The number of benzene rings is 1. The lowest BCUT2D eigenvalue weighted by Gasteiger charge is -2.41. The fourth-order valence-electron chi connectivity index (χ4n) is 5.07. The molecule has 5 heteroatoms. The molecule has 1 N–H and O–H groups in total. The highest BCUT2D eigenvalue weighted by Gasteiger charge is 2.42. The Labute approximate surface area is 187 Å². The lowest BCUT2D eigenvalue weighted by Crippen LogP contribution is -2.53. The molecule has 0 aromatic heterocycles. The van der Waals surface area contributed by atoms with Gasteiger partial charge in [0.25, 0.3) is 0 Å². The Balaban J connectivity index is 1.77. The molecule has 0 bridgehead atoms. The number of piperidine rings is 1. The second-order valence-electron chi connectivity index (χ2n) is 9.79. The summed E-state index contributed by atoms with van der Waals surface area (Å²) in [5, 5.41) is 3.37. The maximum Gasteiger partial charge on any atom is 0.226 e. The summed E-state index contributed by atoms with van der Waals surface area (Å²) in [7, 11) is 0. The van der Waals surface area contributed by atoms with Crippen LogP contribution >= 0.6 is 0 Å². The molecule has 31 heavy (non-hydrogen) atoms. The molecule has 0 unspecified atom stereocenters. The Hall–Kier alpha value is -2.04. The van der Waals surface area contributed by atoms with Crippen LogP contribution < -0.4 is 10.1 Å². The maximum absolute atomic E-state index is 13.6. The minimum atomic E-state index is -0.360. The number of aryl methyl sites for hydroxylation is 1. The molecular weight excluding hydrogens is 388 g/mol. The predicted octanol–water partition coefficient (Wildman–Crippen LogP) is 4.73. The van der Waals surface area contributed by atoms with E-state index in [1.165, 1.54) is 5.56 Å². The lowest BCUT2D eigenvalue weighted by molar-refractivity contribution is -0.141. The summed E-state index contributed by atoms with van der Waals surface area (Å²) in [6, 6.07) is 8.30. The number of likely N-dealkylation sites (tertiary alicyclic amines) is 1. The van der Waals surface area contributed by atoms with Gasteiger partial charge in [0.2, 0.25) is 11.8 Å². The topological polar surface area (TPSA) is 58.6 Å². The molecule has 1 fully saturated rings. The molecule has 1 aromatic rings. The Morgan fingerprint density at radius 1 is 1.16 bits per heavy atom. The van der Waals surface area contributed by atoms with Crippen LogP contribution in [-0.2, 0) is 16.0 Å². The number of fused-ring (bicyclic) bond motifs is 1. The molecule has 5 nitrogen and oxygen atoms in total. The van der Waals surface area contributed by atoms with Gasteiger partial charge in [-0.25, -0.2) is 0 Å². The summed E-state index contributed by atoms with van der Waals surface area (Å²) in [6.07, 6.45) is 8.14. The zero-order chi connectivity index (χ0) is 22.3. The zero-order valence-electron chi connectivity index (χ0n) is 19.6. The number of amides is 2. The fourth-order valence-corrected chi connectivity index (χ4v) is 5.07. The van der Waals surface area contributed by atoms with E-state index < -0.39 is 0 Å². The van der Waals surface area contributed by atoms with Crippen LogP contribution in [0, 0.1) is 11.3 Å². The second kappa shape index (κ2) is 11.0. The van der Waals surface area contributed by atoms with Gasteiger partial charge in [-0.2, -0.15) is 0 Å². The SMILES string of the molecule is CCC(=O)N1CCC2(CCCCCc3ccccc3OC[C@H](CC(C)C)NC2=O)CC1. The van der Waals surface area contributed by atoms with E-state index >= 15 is 0 Å². The van der Waals surface area contributed by atoms with Crippen molar-refractivity contribution in [3.8, 4) is 5.75 Å². The standard InChI is InChI=1S/C26H40N2O3/c1-4-24(29)28-16-14-26(15-17-28)13-9-5-6-10-21-11-7-8-12-23(21)31-19-22(18-20(2)3)27-25(26)30/h7-8,11-12,20,22H,4-6,9-10,13-19H2,1-3H3,(H,27,30)/t22-/m0/s1. The van der Waals surface area contributed by atoms with E-state index in [0.717, 1.165) is 57.1 Å². The third-order valence-electron chi connectivity index (χ3n) is 6.96. The summed E-state index contributed by atoms with van der Waals surface area (Å²) < 4.78 is 6.23. The van der Waals surface area contributed by atoms with Gasteiger partial charge in [0.05, 0.1) is 11.5 Å². The molecule has 2 aliphatic heterocycles. The van der Waals surface area contributed by atoms with Crippen LogP contribution in [-0.4, -0.2) is 42.5 Å². The molecule has 172 valence electrons. The number of hydrogen-bond donors (Lipinski definition) is 1. The van der Waals surface area contributed by atoms with Crippen molar-refractivity contribution in [1.29, 1.82) is 0 Å². The van der Waals surface area contributed by atoms with Crippen molar-refractivity contribution in [3.63, 3.8) is 0 Å². The quantitative estimate of drug-likeness (QED) is 0.757. The first-order chi connectivity index (χ1) is 14.9. The van der Waals surface area contributed by atoms with E-state index in [0.29, 0.717) is 32.0 Å². The van der Waals surface area contributed by atoms with Crippen molar-refractivity contribution in [2.45, 2.75) is 84.6 Å². The minimum absolute atomic E-state index is 0.00603. The third kappa shape index (κ3) is 6.24. The fraction of sp³-hybridized carbons (Fsp3) is 0.692. The first-order valence-corrected chi connectivity index (χ1v) is 12.2. The van der Waals surface area contributed by atoms with Gasteiger partial charge in [0.15, 0.2) is 0 Å². The monoisotopic (exact) mass is 428 g/mol. The molecule has 0 aliphatic carbocycles. The smallest absolute Gasteiger partial charge is 0.226 e. The van der Waals surface area contributed by atoms with Crippen LogP contribution in [0.4, 0.5) is 0 Å². The second-order valence-corrected chi connectivity index (χ2v) is 9.79. The first kappa shape index (κ1) is 23.6. The first-order valence-electron chi connectivity index (χ1n) is 12.2. The van der Waals surface area contributed by atoms with Gasteiger partial charge in [-0.3, -0.25) is 9.59 Å². The van der Waals surface area contributed by atoms with Gasteiger partial charge in [-0.15, -0.1) is 0 Å². The summed E-state index contributed by atoms with van der Waals surface area (Å²) >= 11 is 0. The van der Waals surface area contributed by atoms with Crippen LogP contribution in [0.3, 0.4) is 0 Å². The summed E-state index contributed by atoms with van der Waals surface area (Å²) in [5.74, 6) is 1.78. The minimum Gasteiger partial charge on any atom is -0.491 e. The predicted molar refractivity (Wildman–Crippen MR) is 124 cm³/mol. The van der Waals surface area contributed by atoms with Crippen molar-refractivity contribution in [1.82, 2.24) is 10.2 Å². The average molecular weight is 429 g/mol. The summed E-state index contributed by atoms with van der Waals surface area (Å²) in [4.78, 5) is 27.7.